The molecule has 0 unspecified atom stereocenters. The van der Waals surface area contributed by atoms with Crippen LogP contribution in [0.5, 0.6) is 5.75 Å². The van der Waals surface area contributed by atoms with Crippen molar-refractivity contribution in [3.8, 4) is 5.75 Å². The Balaban J connectivity index is 1.58. The van der Waals surface area contributed by atoms with Gasteiger partial charge in [0.25, 0.3) is 0 Å². The van der Waals surface area contributed by atoms with E-state index < -0.39 is 0 Å². The highest BCUT2D eigenvalue weighted by Crippen LogP contribution is 2.27. The Hall–Kier alpha value is -2.89. The number of benzene rings is 2. The van der Waals surface area contributed by atoms with Crippen LogP contribution in [0.3, 0.4) is 0 Å². The molecule has 0 spiro atoms. The van der Waals surface area contributed by atoms with Crippen molar-refractivity contribution in [2.45, 2.75) is 13.5 Å². The molecule has 1 aliphatic heterocycles. The normalized spacial score (nSPS) is 15.1. The summed E-state index contributed by atoms with van der Waals surface area (Å²) in [6.45, 7) is 7.40. The van der Waals surface area contributed by atoms with Crippen molar-refractivity contribution in [3.63, 3.8) is 0 Å². The molecule has 0 saturated carbocycles. The third-order valence-corrected chi connectivity index (χ3v) is 5.76. The second-order valence-corrected chi connectivity index (χ2v) is 7.55. The number of ether oxygens (including phenoxy) is 2. The van der Waals surface area contributed by atoms with Gasteiger partial charge in [0, 0.05) is 42.8 Å². The molecule has 0 aliphatic carbocycles. The zero-order valence-electron chi connectivity index (χ0n) is 17.6. The van der Waals surface area contributed by atoms with E-state index in [2.05, 4.69) is 15.5 Å². The number of allylic oxidation sites excluding steroid dienone is 1. The molecule has 0 bridgehead atoms. The number of hydrogen-bond donors (Lipinski definition) is 0. The van der Waals surface area contributed by atoms with Crippen molar-refractivity contribution >= 4 is 22.8 Å². The van der Waals surface area contributed by atoms with E-state index in [9.17, 15) is 4.79 Å². The van der Waals surface area contributed by atoms with E-state index >= 15 is 0 Å². The van der Waals surface area contributed by atoms with E-state index in [1.54, 1.807) is 13.2 Å². The van der Waals surface area contributed by atoms with Crippen LogP contribution in [0.4, 0.5) is 0 Å². The fourth-order valence-electron chi connectivity index (χ4n) is 4.07. The lowest BCUT2D eigenvalue weighted by atomic mass is 10.1. The van der Waals surface area contributed by atoms with Gasteiger partial charge in [0.1, 0.15) is 5.75 Å². The molecule has 0 amide bonds. The van der Waals surface area contributed by atoms with E-state index in [0.29, 0.717) is 0 Å². The maximum Gasteiger partial charge on any atom is 0.188 e. The van der Waals surface area contributed by atoms with E-state index in [-0.39, 0.29) is 5.78 Å². The van der Waals surface area contributed by atoms with Crippen LogP contribution in [0, 0.1) is 6.92 Å². The summed E-state index contributed by atoms with van der Waals surface area (Å²) < 4.78 is 12.9. The molecule has 1 fully saturated rings. The molecule has 1 saturated heterocycles. The largest absolute Gasteiger partial charge is 0.497 e. The number of rotatable bonds is 7. The van der Waals surface area contributed by atoms with Gasteiger partial charge in [-0.05, 0) is 36.8 Å². The quantitative estimate of drug-likeness (QED) is 0.438. The molecule has 156 valence electrons. The zero-order chi connectivity index (χ0) is 20.9. The summed E-state index contributed by atoms with van der Waals surface area (Å²) >= 11 is 0. The highest BCUT2D eigenvalue weighted by Gasteiger charge is 2.19. The van der Waals surface area contributed by atoms with Gasteiger partial charge in [0.15, 0.2) is 5.78 Å². The third-order valence-electron chi connectivity index (χ3n) is 5.76. The number of aromatic nitrogens is 1. The van der Waals surface area contributed by atoms with Gasteiger partial charge in [0.05, 0.1) is 25.9 Å². The van der Waals surface area contributed by atoms with Crippen LogP contribution in [0.2, 0.25) is 0 Å². The van der Waals surface area contributed by atoms with Gasteiger partial charge in [-0.2, -0.15) is 0 Å². The Morgan fingerprint density at radius 2 is 1.80 bits per heavy atom. The van der Waals surface area contributed by atoms with E-state index in [4.69, 9.17) is 9.47 Å². The van der Waals surface area contributed by atoms with Crippen LogP contribution in [-0.2, 0) is 11.3 Å². The predicted octanol–water partition coefficient (Wildman–Crippen LogP) is 4.19. The van der Waals surface area contributed by atoms with Crippen LogP contribution >= 0.6 is 0 Å². The average molecular weight is 405 g/mol. The zero-order valence-corrected chi connectivity index (χ0v) is 17.6. The number of nitrogens with zero attached hydrogens (tertiary/aromatic N) is 2. The maximum absolute atomic E-state index is 13.1. The van der Waals surface area contributed by atoms with Crippen LogP contribution in [-0.4, -0.2) is 55.2 Å². The second-order valence-electron chi connectivity index (χ2n) is 7.55. The highest BCUT2D eigenvalue weighted by molar-refractivity contribution is 6.16. The van der Waals surface area contributed by atoms with Crippen LogP contribution < -0.4 is 4.74 Å². The number of fused-ring (bicyclic) bond motifs is 1. The average Bonchev–Trinajstić information content (AvgIpc) is 3.08. The lowest BCUT2D eigenvalue weighted by Crippen LogP contribution is -2.38. The summed E-state index contributed by atoms with van der Waals surface area (Å²) in [6.07, 6.45) is 3.53. The maximum atomic E-state index is 13.1. The first-order valence-electron chi connectivity index (χ1n) is 10.4. The number of carbonyl (C=O) groups is 1. The first-order chi connectivity index (χ1) is 14.7. The summed E-state index contributed by atoms with van der Waals surface area (Å²) in [7, 11) is 1.64. The summed E-state index contributed by atoms with van der Waals surface area (Å²) in [6, 6.07) is 15.9. The summed E-state index contributed by atoms with van der Waals surface area (Å²) in [5.74, 6) is 0.835. The molecule has 2 aromatic carbocycles. The van der Waals surface area contributed by atoms with Gasteiger partial charge in [0.2, 0.25) is 0 Å². The molecule has 5 heteroatoms. The molecule has 0 radical (unpaired) electrons. The second kappa shape index (κ2) is 9.28. The molecule has 0 atom stereocenters. The van der Waals surface area contributed by atoms with Crippen LogP contribution in [0.25, 0.3) is 17.0 Å². The Morgan fingerprint density at radius 3 is 2.53 bits per heavy atom. The van der Waals surface area contributed by atoms with Gasteiger partial charge in [-0.1, -0.05) is 36.4 Å². The molecule has 30 heavy (non-hydrogen) atoms. The molecule has 1 aliphatic rings. The van der Waals surface area contributed by atoms with Gasteiger partial charge >= 0.3 is 0 Å². The Bertz CT molecular complexity index is 1040. The molecular weight excluding hydrogens is 376 g/mol. The number of hydrogen-bond acceptors (Lipinski definition) is 4. The van der Waals surface area contributed by atoms with Gasteiger partial charge in [-0.25, -0.2) is 0 Å². The molecule has 3 aromatic rings. The molecular formula is C25H28N2O3. The number of morpholine rings is 1. The van der Waals surface area contributed by atoms with E-state index in [1.807, 2.05) is 55.5 Å². The number of ketones is 1. The van der Waals surface area contributed by atoms with Gasteiger partial charge < -0.3 is 14.0 Å². The minimum atomic E-state index is 0.0321. The van der Waals surface area contributed by atoms with Crippen LogP contribution in [0.1, 0.15) is 21.6 Å². The third kappa shape index (κ3) is 4.32. The fourth-order valence-corrected chi connectivity index (χ4v) is 4.07. The molecule has 5 nitrogen and oxygen atoms in total. The Labute approximate surface area is 177 Å². The van der Waals surface area contributed by atoms with Crippen LogP contribution in [0.15, 0.2) is 54.6 Å². The lowest BCUT2D eigenvalue weighted by molar-refractivity contribution is 0.0365. The topological polar surface area (TPSA) is 43.7 Å². The lowest BCUT2D eigenvalue weighted by Gasteiger charge is -2.27. The Morgan fingerprint density at radius 1 is 1.07 bits per heavy atom. The number of methoxy groups -OCH3 is 1. The van der Waals surface area contributed by atoms with Gasteiger partial charge in [-0.15, -0.1) is 0 Å². The minimum absolute atomic E-state index is 0.0321. The molecule has 0 N–H and O–H groups in total. The van der Waals surface area contributed by atoms with E-state index in [1.165, 1.54) is 0 Å². The summed E-state index contributed by atoms with van der Waals surface area (Å²) in [4.78, 5) is 15.6. The molecule has 4 rings (SSSR count). The highest BCUT2D eigenvalue weighted by atomic mass is 16.5. The predicted molar refractivity (Wildman–Crippen MR) is 120 cm³/mol. The fraction of sp³-hybridized carbons (Fsp3) is 0.320. The smallest absolute Gasteiger partial charge is 0.188 e. The number of para-hydroxylation sites is 1. The first kappa shape index (κ1) is 20.4. The Kier molecular flexibility index (Phi) is 6.31. The number of carbonyl (C=O) groups excluding carboxylic acids is 1. The monoisotopic (exact) mass is 404 g/mol. The van der Waals surface area contributed by atoms with E-state index in [0.717, 1.165) is 72.9 Å². The van der Waals surface area contributed by atoms with Crippen molar-refractivity contribution in [1.82, 2.24) is 9.47 Å². The minimum Gasteiger partial charge on any atom is -0.497 e. The van der Waals surface area contributed by atoms with Crippen molar-refractivity contribution in [3.05, 3.63) is 71.4 Å². The first-order valence-corrected chi connectivity index (χ1v) is 10.4. The summed E-state index contributed by atoms with van der Waals surface area (Å²) in [5.41, 5.74) is 3.90. The van der Waals surface area contributed by atoms with Crippen molar-refractivity contribution in [1.29, 1.82) is 0 Å². The van der Waals surface area contributed by atoms with Crippen molar-refractivity contribution in [2.75, 3.05) is 40.0 Å². The molecule has 1 aromatic heterocycles. The SMILES string of the molecule is COc1ccc(C=CC(=O)c2c(C)n(CCN3CCOCC3)c3ccccc23)cc1. The standard InChI is InChI=1S/C25H28N2O3/c1-19-25(24(28)12-9-20-7-10-21(29-2)11-8-20)22-5-3-4-6-23(22)27(19)14-13-26-15-17-30-18-16-26/h3-12H,13-18H2,1-2H3. The van der Waals surface area contributed by atoms with Crippen molar-refractivity contribution < 1.29 is 14.3 Å². The summed E-state index contributed by atoms with van der Waals surface area (Å²) in [5, 5.41) is 1.02. The van der Waals surface area contributed by atoms with Gasteiger partial charge in [-0.3, -0.25) is 9.69 Å². The van der Waals surface area contributed by atoms with Crippen molar-refractivity contribution in [2.24, 2.45) is 0 Å². The molecule has 2 heterocycles.